The number of amides is 1. The lowest BCUT2D eigenvalue weighted by Gasteiger charge is -2.14. The van der Waals surface area contributed by atoms with Crippen molar-refractivity contribution >= 4 is 63.1 Å². The minimum absolute atomic E-state index is 0.0224. The lowest BCUT2D eigenvalue weighted by atomic mass is 10.2. The third kappa shape index (κ3) is 4.91. The molecule has 0 unspecified atom stereocenters. The van der Waals surface area contributed by atoms with Crippen LogP contribution in [-0.4, -0.2) is 26.1 Å². The average molecular weight is 515 g/mol. The fourth-order valence-electron chi connectivity index (χ4n) is 3.24. The van der Waals surface area contributed by atoms with Crippen LogP contribution < -0.4 is 10.9 Å². The summed E-state index contributed by atoms with van der Waals surface area (Å²) >= 11 is 13.1. The van der Waals surface area contributed by atoms with Gasteiger partial charge in [-0.05, 0) is 48.9 Å². The number of halogens is 2. The first-order valence-corrected chi connectivity index (χ1v) is 11.6. The van der Waals surface area contributed by atoms with Crippen molar-refractivity contribution in [3.8, 4) is 5.69 Å². The molecule has 1 amide bonds. The number of benzene rings is 3. The van der Waals surface area contributed by atoms with E-state index in [9.17, 15) is 19.7 Å². The zero-order valence-electron chi connectivity index (χ0n) is 17.6. The van der Waals surface area contributed by atoms with Crippen molar-refractivity contribution < 1.29 is 9.72 Å². The number of rotatable bonds is 6. The normalized spacial score (nSPS) is 10.9. The Hall–Kier alpha value is -3.40. The van der Waals surface area contributed by atoms with Crippen molar-refractivity contribution in [1.29, 1.82) is 0 Å². The number of carbonyl (C=O) groups is 1. The van der Waals surface area contributed by atoms with Crippen LogP contribution in [0.4, 0.5) is 11.4 Å². The van der Waals surface area contributed by atoms with E-state index >= 15 is 0 Å². The van der Waals surface area contributed by atoms with Gasteiger partial charge in [-0.1, -0.05) is 53.2 Å². The summed E-state index contributed by atoms with van der Waals surface area (Å²) in [6.45, 7) is 1.85. The highest BCUT2D eigenvalue weighted by Crippen LogP contribution is 2.29. The van der Waals surface area contributed by atoms with Crippen LogP contribution in [0.15, 0.2) is 70.6 Å². The highest BCUT2D eigenvalue weighted by Gasteiger charge is 2.19. The maximum atomic E-state index is 13.3. The van der Waals surface area contributed by atoms with Crippen molar-refractivity contribution in [2.75, 3.05) is 11.1 Å². The number of aryl methyl sites for hydroxylation is 1. The Morgan fingerprint density at radius 2 is 1.91 bits per heavy atom. The number of thioether (sulfide) groups is 1. The molecule has 8 nitrogen and oxygen atoms in total. The van der Waals surface area contributed by atoms with Gasteiger partial charge in [0.05, 0.1) is 27.3 Å². The highest BCUT2D eigenvalue weighted by molar-refractivity contribution is 7.99. The molecule has 0 saturated heterocycles. The summed E-state index contributed by atoms with van der Waals surface area (Å²) in [4.78, 5) is 41.2. The van der Waals surface area contributed by atoms with Crippen LogP contribution >= 0.6 is 35.0 Å². The van der Waals surface area contributed by atoms with E-state index in [2.05, 4.69) is 10.3 Å². The van der Waals surface area contributed by atoms with E-state index in [1.54, 1.807) is 42.5 Å². The minimum Gasteiger partial charge on any atom is -0.320 e. The van der Waals surface area contributed by atoms with Gasteiger partial charge in [-0.15, -0.1) is 0 Å². The van der Waals surface area contributed by atoms with Gasteiger partial charge in [0.25, 0.3) is 11.2 Å². The SMILES string of the molecule is Cc1ccc(-n2c(SCC(=O)Nc3ccc(Cl)cc3[N+](=O)[O-])nc3ccccc3c2=O)cc1Cl. The molecule has 4 rings (SSSR count). The van der Waals surface area contributed by atoms with Crippen molar-refractivity contribution in [3.05, 3.63) is 96.7 Å². The van der Waals surface area contributed by atoms with Gasteiger partial charge in [0.2, 0.25) is 5.91 Å². The molecule has 34 heavy (non-hydrogen) atoms. The van der Waals surface area contributed by atoms with E-state index in [0.29, 0.717) is 21.6 Å². The van der Waals surface area contributed by atoms with Crippen molar-refractivity contribution in [3.63, 3.8) is 0 Å². The molecule has 1 N–H and O–H groups in total. The number of nitro benzene ring substituents is 1. The van der Waals surface area contributed by atoms with E-state index in [4.69, 9.17) is 23.2 Å². The first-order chi connectivity index (χ1) is 16.2. The zero-order chi connectivity index (χ0) is 24.4. The van der Waals surface area contributed by atoms with Crippen LogP contribution in [0, 0.1) is 17.0 Å². The maximum absolute atomic E-state index is 13.3. The Bertz CT molecular complexity index is 1510. The van der Waals surface area contributed by atoms with Gasteiger partial charge in [-0.3, -0.25) is 24.3 Å². The summed E-state index contributed by atoms with van der Waals surface area (Å²) < 4.78 is 1.40. The van der Waals surface area contributed by atoms with Gasteiger partial charge < -0.3 is 5.32 Å². The number of para-hydroxylation sites is 1. The van der Waals surface area contributed by atoms with E-state index in [0.717, 1.165) is 23.4 Å². The summed E-state index contributed by atoms with van der Waals surface area (Å²) in [5.41, 5.74) is 1.25. The summed E-state index contributed by atoms with van der Waals surface area (Å²) in [5, 5.41) is 15.2. The molecule has 0 atom stereocenters. The summed E-state index contributed by atoms with van der Waals surface area (Å²) in [5.74, 6) is -0.657. The Morgan fingerprint density at radius 3 is 2.65 bits per heavy atom. The molecule has 3 aromatic carbocycles. The number of hydrogen-bond acceptors (Lipinski definition) is 6. The molecule has 172 valence electrons. The molecule has 1 heterocycles. The first-order valence-electron chi connectivity index (χ1n) is 9.89. The van der Waals surface area contributed by atoms with Crippen molar-refractivity contribution in [1.82, 2.24) is 9.55 Å². The van der Waals surface area contributed by atoms with Crippen LogP contribution in [0.5, 0.6) is 0 Å². The molecule has 0 radical (unpaired) electrons. The standard InChI is InChI=1S/C23H16Cl2N4O4S/c1-13-6-8-15(11-17(13)25)28-22(31)16-4-2-3-5-18(16)27-23(28)34-12-21(30)26-19-9-7-14(24)10-20(19)29(32)33/h2-11H,12H2,1H3,(H,26,30). The Labute approximate surface area is 207 Å². The van der Waals surface area contributed by atoms with Crippen molar-refractivity contribution in [2.24, 2.45) is 0 Å². The molecule has 11 heteroatoms. The van der Waals surface area contributed by atoms with Crippen LogP contribution in [0.1, 0.15) is 5.56 Å². The van der Waals surface area contributed by atoms with Gasteiger partial charge >= 0.3 is 0 Å². The summed E-state index contributed by atoms with van der Waals surface area (Å²) in [7, 11) is 0. The van der Waals surface area contributed by atoms with Crippen LogP contribution in [-0.2, 0) is 4.79 Å². The third-order valence-electron chi connectivity index (χ3n) is 4.92. The number of fused-ring (bicyclic) bond motifs is 1. The maximum Gasteiger partial charge on any atom is 0.294 e. The molecule has 0 saturated carbocycles. The molecule has 0 aliphatic rings. The predicted molar refractivity (Wildman–Crippen MR) is 135 cm³/mol. The summed E-state index contributed by atoms with van der Waals surface area (Å²) in [6, 6.07) is 16.1. The quantitative estimate of drug-likeness (QED) is 0.154. The molecule has 0 aliphatic heterocycles. The zero-order valence-corrected chi connectivity index (χ0v) is 19.9. The number of carbonyl (C=O) groups excluding carboxylic acids is 1. The lowest BCUT2D eigenvalue weighted by molar-refractivity contribution is -0.383. The topological polar surface area (TPSA) is 107 Å². The Morgan fingerprint density at radius 1 is 1.15 bits per heavy atom. The highest BCUT2D eigenvalue weighted by atomic mass is 35.5. The first kappa shape index (κ1) is 23.7. The van der Waals surface area contributed by atoms with E-state index < -0.39 is 10.8 Å². The van der Waals surface area contributed by atoms with Gasteiger partial charge in [-0.25, -0.2) is 4.98 Å². The van der Waals surface area contributed by atoms with Gasteiger partial charge in [-0.2, -0.15) is 0 Å². The monoisotopic (exact) mass is 514 g/mol. The average Bonchev–Trinajstić information content (AvgIpc) is 2.81. The second kappa shape index (κ2) is 9.84. The van der Waals surface area contributed by atoms with Crippen LogP contribution in [0.25, 0.3) is 16.6 Å². The number of nitrogens with zero attached hydrogens (tertiary/aromatic N) is 3. The fourth-order valence-corrected chi connectivity index (χ4v) is 4.39. The van der Waals surface area contributed by atoms with Crippen LogP contribution in [0.2, 0.25) is 10.0 Å². The minimum atomic E-state index is -0.627. The molecule has 1 aromatic heterocycles. The molecule has 0 aliphatic carbocycles. The summed E-state index contributed by atoms with van der Waals surface area (Å²) in [6.07, 6.45) is 0. The van der Waals surface area contributed by atoms with E-state index in [1.165, 1.54) is 16.7 Å². The second-order valence-corrected chi connectivity index (χ2v) is 9.03. The van der Waals surface area contributed by atoms with Gasteiger partial charge in [0, 0.05) is 16.1 Å². The lowest BCUT2D eigenvalue weighted by Crippen LogP contribution is -2.23. The van der Waals surface area contributed by atoms with Gasteiger partial charge in [0.15, 0.2) is 5.16 Å². The number of nitro groups is 1. The molecule has 0 fully saturated rings. The number of aromatic nitrogens is 2. The third-order valence-corrected chi connectivity index (χ3v) is 6.50. The van der Waals surface area contributed by atoms with Gasteiger partial charge in [0.1, 0.15) is 5.69 Å². The van der Waals surface area contributed by atoms with E-state index in [-0.39, 0.29) is 32.9 Å². The van der Waals surface area contributed by atoms with Crippen molar-refractivity contribution in [2.45, 2.75) is 12.1 Å². The Kier molecular flexibility index (Phi) is 6.87. The van der Waals surface area contributed by atoms with E-state index in [1.807, 2.05) is 6.92 Å². The Balaban J connectivity index is 1.68. The largest absolute Gasteiger partial charge is 0.320 e. The number of anilines is 1. The molecule has 0 bridgehead atoms. The second-order valence-electron chi connectivity index (χ2n) is 7.24. The fraction of sp³-hybridized carbons (Fsp3) is 0.0870. The predicted octanol–water partition coefficient (Wildman–Crippen LogP) is 5.64. The molecule has 0 spiro atoms. The smallest absolute Gasteiger partial charge is 0.294 e. The molecular formula is C23H16Cl2N4O4S. The van der Waals surface area contributed by atoms with Crippen LogP contribution in [0.3, 0.4) is 0 Å². The number of hydrogen-bond donors (Lipinski definition) is 1. The number of nitrogens with one attached hydrogen (secondary N) is 1. The molecule has 4 aromatic rings. The molecular weight excluding hydrogens is 499 g/mol.